The third-order valence-electron chi connectivity index (χ3n) is 6.11. The summed E-state index contributed by atoms with van der Waals surface area (Å²) < 4.78 is 2.49. The van der Waals surface area contributed by atoms with Crippen LogP contribution in [0.4, 0.5) is 5.82 Å². The zero-order chi connectivity index (χ0) is 15.4. The van der Waals surface area contributed by atoms with Crippen LogP contribution >= 0.6 is 0 Å². The number of fused-ring (bicyclic) bond motifs is 3. The number of rotatable bonds is 2. The summed E-state index contributed by atoms with van der Waals surface area (Å²) in [5, 5.41) is 4.97. The van der Waals surface area contributed by atoms with E-state index in [4.69, 9.17) is 0 Å². The highest BCUT2D eigenvalue weighted by Gasteiger charge is 2.35. The SMILES string of the molecule is Cn1c2c(c3cccc(CN4CCNCC4)c31)C1CCN2CC1. The number of aryl methyl sites for hydroxylation is 1. The van der Waals surface area contributed by atoms with Crippen molar-refractivity contribution in [1.29, 1.82) is 0 Å². The van der Waals surface area contributed by atoms with Crippen molar-refractivity contribution in [2.45, 2.75) is 25.3 Å². The van der Waals surface area contributed by atoms with Gasteiger partial charge in [-0.05, 0) is 24.3 Å². The minimum atomic E-state index is 0.785. The lowest BCUT2D eigenvalue weighted by atomic mass is 9.84. The third kappa shape index (κ3) is 2.05. The maximum Gasteiger partial charge on any atom is 0.112 e. The van der Waals surface area contributed by atoms with Crippen LogP contribution in [0.3, 0.4) is 0 Å². The van der Waals surface area contributed by atoms with Crippen LogP contribution in [0.1, 0.15) is 29.9 Å². The fourth-order valence-corrected chi connectivity index (χ4v) is 5.01. The molecule has 0 radical (unpaired) electrons. The molecule has 2 bridgehead atoms. The van der Waals surface area contributed by atoms with Crippen LogP contribution in [0.5, 0.6) is 0 Å². The number of piperidine rings is 1. The highest BCUT2D eigenvalue weighted by molar-refractivity contribution is 5.93. The van der Waals surface area contributed by atoms with E-state index in [1.54, 1.807) is 5.56 Å². The van der Waals surface area contributed by atoms with Gasteiger partial charge < -0.3 is 14.8 Å². The summed E-state index contributed by atoms with van der Waals surface area (Å²) in [5.41, 5.74) is 4.62. The molecule has 2 saturated heterocycles. The molecule has 1 N–H and O–H groups in total. The molecule has 6 rings (SSSR count). The van der Waals surface area contributed by atoms with Crippen LogP contribution < -0.4 is 10.2 Å². The number of hydrogen-bond donors (Lipinski definition) is 1. The van der Waals surface area contributed by atoms with E-state index < -0.39 is 0 Å². The van der Waals surface area contributed by atoms with E-state index in [9.17, 15) is 0 Å². The number of nitrogens with zero attached hydrogens (tertiary/aromatic N) is 3. The number of nitrogens with one attached hydrogen (secondary N) is 1. The molecule has 0 unspecified atom stereocenters. The second kappa shape index (κ2) is 5.25. The van der Waals surface area contributed by atoms with E-state index in [0.717, 1.165) is 38.6 Å². The van der Waals surface area contributed by atoms with Crippen molar-refractivity contribution in [3.63, 3.8) is 0 Å². The Kier molecular flexibility index (Phi) is 3.17. The molecule has 2 aromatic rings. The topological polar surface area (TPSA) is 23.4 Å². The summed E-state index contributed by atoms with van der Waals surface area (Å²) in [4.78, 5) is 5.20. The number of hydrogen-bond acceptors (Lipinski definition) is 3. The fraction of sp³-hybridized carbons (Fsp3) is 0.579. The van der Waals surface area contributed by atoms with Gasteiger partial charge >= 0.3 is 0 Å². The van der Waals surface area contributed by atoms with Crippen LogP contribution in [0.15, 0.2) is 18.2 Å². The van der Waals surface area contributed by atoms with Crippen molar-refractivity contribution in [2.24, 2.45) is 7.05 Å². The second-order valence-corrected chi connectivity index (χ2v) is 7.40. The predicted octanol–water partition coefficient (Wildman–Crippen LogP) is 2.28. The van der Waals surface area contributed by atoms with Gasteiger partial charge in [-0.2, -0.15) is 0 Å². The summed E-state index contributed by atoms with van der Waals surface area (Å²) in [5.74, 6) is 2.29. The van der Waals surface area contributed by atoms with E-state index >= 15 is 0 Å². The lowest BCUT2D eigenvalue weighted by Gasteiger charge is -2.41. The van der Waals surface area contributed by atoms with E-state index in [2.05, 4.69) is 44.9 Å². The Morgan fingerprint density at radius 1 is 1.09 bits per heavy atom. The molecule has 23 heavy (non-hydrogen) atoms. The highest BCUT2D eigenvalue weighted by atomic mass is 15.3. The summed E-state index contributed by atoms with van der Waals surface area (Å²) in [6, 6.07) is 6.97. The molecule has 0 atom stereocenters. The maximum atomic E-state index is 3.46. The molecule has 1 aromatic carbocycles. The smallest absolute Gasteiger partial charge is 0.112 e. The Bertz CT molecular complexity index is 733. The highest BCUT2D eigenvalue weighted by Crippen LogP contribution is 2.47. The molecule has 0 amide bonds. The van der Waals surface area contributed by atoms with Gasteiger partial charge in [0.1, 0.15) is 5.82 Å². The van der Waals surface area contributed by atoms with Gasteiger partial charge in [0, 0.05) is 63.8 Å². The first-order chi connectivity index (χ1) is 11.3. The van der Waals surface area contributed by atoms with Crippen LogP contribution in [0.2, 0.25) is 0 Å². The van der Waals surface area contributed by atoms with Gasteiger partial charge in [-0.25, -0.2) is 0 Å². The van der Waals surface area contributed by atoms with Crippen molar-refractivity contribution in [2.75, 3.05) is 44.2 Å². The van der Waals surface area contributed by atoms with Crippen molar-refractivity contribution in [3.8, 4) is 0 Å². The van der Waals surface area contributed by atoms with Gasteiger partial charge in [0.15, 0.2) is 0 Å². The third-order valence-corrected chi connectivity index (χ3v) is 6.11. The molecular formula is C19H26N4. The molecule has 4 aliphatic rings. The molecule has 4 heteroatoms. The summed E-state index contributed by atoms with van der Waals surface area (Å²) >= 11 is 0. The Labute approximate surface area is 138 Å². The first kappa shape index (κ1) is 13.9. The molecule has 2 fully saturated rings. The van der Waals surface area contributed by atoms with Crippen molar-refractivity contribution in [1.82, 2.24) is 14.8 Å². The fourth-order valence-electron chi connectivity index (χ4n) is 5.01. The van der Waals surface area contributed by atoms with Crippen molar-refractivity contribution in [3.05, 3.63) is 29.3 Å². The van der Waals surface area contributed by atoms with Gasteiger partial charge in [0.2, 0.25) is 0 Å². The standard InChI is InChI=1S/C19H26N4/c1-21-18-15(13-22-11-7-20-8-12-22)3-2-4-16(18)17-14-5-9-23(10-6-14)19(17)21/h2-4,14,20H,5-13H2,1H3. The average Bonchev–Trinajstić information content (AvgIpc) is 2.93. The summed E-state index contributed by atoms with van der Waals surface area (Å²) in [6.07, 6.45) is 2.68. The number of anilines is 1. The lowest BCUT2D eigenvalue weighted by molar-refractivity contribution is 0.234. The van der Waals surface area contributed by atoms with Gasteiger partial charge in [-0.3, -0.25) is 4.90 Å². The number of aromatic nitrogens is 1. The zero-order valence-corrected chi connectivity index (χ0v) is 14.0. The molecule has 4 nitrogen and oxygen atoms in total. The molecule has 1 aromatic heterocycles. The minimum Gasteiger partial charge on any atom is -0.358 e. The van der Waals surface area contributed by atoms with Gasteiger partial charge in [0.25, 0.3) is 0 Å². The van der Waals surface area contributed by atoms with Crippen molar-refractivity contribution >= 4 is 16.7 Å². The lowest BCUT2D eigenvalue weighted by Crippen LogP contribution is -2.42. The Hall–Kier alpha value is -1.52. The quantitative estimate of drug-likeness (QED) is 0.920. The number of benzene rings is 1. The molecule has 0 spiro atoms. The number of para-hydroxylation sites is 1. The molecule has 122 valence electrons. The maximum absolute atomic E-state index is 3.46. The molecule has 0 aliphatic carbocycles. The monoisotopic (exact) mass is 310 g/mol. The average molecular weight is 310 g/mol. The van der Waals surface area contributed by atoms with E-state index in [1.165, 1.54) is 48.2 Å². The first-order valence-electron chi connectivity index (χ1n) is 9.11. The molecule has 0 saturated carbocycles. The number of piperazine rings is 1. The van der Waals surface area contributed by atoms with Gasteiger partial charge in [0.05, 0.1) is 5.52 Å². The zero-order valence-electron chi connectivity index (χ0n) is 14.0. The van der Waals surface area contributed by atoms with Gasteiger partial charge in [-0.15, -0.1) is 0 Å². The Balaban J connectivity index is 1.63. The van der Waals surface area contributed by atoms with E-state index in [1.807, 2.05) is 0 Å². The van der Waals surface area contributed by atoms with Crippen molar-refractivity contribution < 1.29 is 0 Å². The molecule has 4 aliphatic heterocycles. The minimum absolute atomic E-state index is 0.785. The Morgan fingerprint density at radius 3 is 2.65 bits per heavy atom. The van der Waals surface area contributed by atoms with Crippen LogP contribution in [-0.2, 0) is 13.6 Å². The summed E-state index contributed by atoms with van der Waals surface area (Å²) in [7, 11) is 2.28. The first-order valence-corrected chi connectivity index (χ1v) is 9.11. The second-order valence-electron chi connectivity index (χ2n) is 7.40. The van der Waals surface area contributed by atoms with Crippen LogP contribution in [0, 0.1) is 0 Å². The van der Waals surface area contributed by atoms with E-state index in [-0.39, 0.29) is 0 Å². The van der Waals surface area contributed by atoms with Crippen LogP contribution in [-0.4, -0.2) is 48.7 Å². The normalized spacial score (nSPS) is 22.0. The summed E-state index contributed by atoms with van der Waals surface area (Å²) in [6.45, 7) is 8.14. The van der Waals surface area contributed by atoms with Crippen LogP contribution in [0.25, 0.3) is 10.9 Å². The Morgan fingerprint density at radius 2 is 1.87 bits per heavy atom. The van der Waals surface area contributed by atoms with E-state index in [0.29, 0.717) is 0 Å². The molecular weight excluding hydrogens is 284 g/mol. The predicted molar refractivity (Wildman–Crippen MR) is 95.3 cm³/mol. The largest absolute Gasteiger partial charge is 0.358 e. The molecule has 5 heterocycles. The van der Waals surface area contributed by atoms with Gasteiger partial charge in [-0.1, -0.05) is 18.2 Å².